The summed E-state index contributed by atoms with van der Waals surface area (Å²) in [5, 5.41) is 3.51. The molecule has 0 bridgehead atoms. The Morgan fingerprint density at radius 2 is 2.29 bits per heavy atom. The van der Waals surface area contributed by atoms with E-state index in [0.717, 1.165) is 36.2 Å². The fourth-order valence-corrected chi connectivity index (χ4v) is 2.27. The summed E-state index contributed by atoms with van der Waals surface area (Å²) in [6, 6.07) is 8.76. The molecular weight excluding hydrogens is 264 g/mol. The van der Waals surface area contributed by atoms with E-state index in [2.05, 4.69) is 16.4 Å². The largest absolute Gasteiger partial charge is 0.464 e. The van der Waals surface area contributed by atoms with Crippen LogP contribution in [-0.2, 0) is 24.3 Å². The molecule has 0 amide bonds. The van der Waals surface area contributed by atoms with Gasteiger partial charge in [-0.2, -0.15) is 0 Å². The average molecular weight is 286 g/mol. The molecular formula is C17H22N2O2. The van der Waals surface area contributed by atoms with Gasteiger partial charge in [0.2, 0.25) is 0 Å². The summed E-state index contributed by atoms with van der Waals surface area (Å²) in [6.45, 7) is 4.10. The van der Waals surface area contributed by atoms with Crippen LogP contribution in [0.1, 0.15) is 35.6 Å². The molecule has 2 heterocycles. The molecule has 3 rings (SSSR count). The summed E-state index contributed by atoms with van der Waals surface area (Å²) < 4.78 is 11.4. The van der Waals surface area contributed by atoms with Crippen molar-refractivity contribution in [1.82, 2.24) is 10.3 Å². The predicted molar refractivity (Wildman–Crippen MR) is 80.9 cm³/mol. The summed E-state index contributed by atoms with van der Waals surface area (Å²) in [7, 11) is 0. The Bertz CT molecular complexity index is 561. The maximum atomic E-state index is 5.74. The number of hydrogen-bond donors (Lipinski definition) is 1. The van der Waals surface area contributed by atoms with Gasteiger partial charge >= 0.3 is 0 Å². The van der Waals surface area contributed by atoms with Gasteiger partial charge in [0.1, 0.15) is 18.1 Å². The number of furan rings is 1. The average Bonchev–Trinajstić information content (AvgIpc) is 3.26. The van der Waals surface area contributed by atoms with Crippen LogP contribution >= 0.6 is 0 Å². The van der Waals surface area contributed by atoms with Gasteiger partial charge < -0.3 is 14.5 Å². The highest BCUT2D eigenvalue weighted by atomic mass is 16.5. The van der Waals surface area contributed by atoms with Crippen molar-refractivity contribution >= 4 is 0 Å². The molecule has 0 aliphatic heterocycles. The van der Waals surface area contributed by atoms with E-state index in [1.165, 1.54) is 18.4 Å². The van der Waals surface area contributed by atoms with Crippen molar-refractivity contribution in [3.63, 3.8) is 0 Å². The Balaban J connectivity index is 1.41. The van der Waals surface area contributed by atoms with Crippen molar-refractivity contribution in [1.29, 1.82) is 0 Å². The van der Waals surface area contributed by atoms with Crippen LogP contribution in [0.3, 0.4) is 0 Å². The van der Waals surface area contributed by atoms with Crippen molar-refractivity contribution in [2.24, 2.45) is 0 Å². The van der Waals surface area contributed by atoms with Gasteiger partial charge in [-0.25, -0.2) is 0 Å². The molecule has 4 nitrogen and oxygen atoms in total. The van der Waals surface area contributed by atoms with Crippen LogP contribution in [0.2, 0.25) is 0 Å². The molecule has 1 saturated carbocycles. The molecule has 0 aromatic carbocycles. The maximum absolute atomic E-state index is 5.74. The molecule has 0 atom stereocenters. The lowest BCUT2D eigenvalue weighted by Gasteiger charge is -2.01. The van der Waals surface area contributed by atoms with Gasteiger partial charge in [0.25, 0.3) is 0 Å². The molecule has 0 radical (unpaired) electrons. The van der Waals surface area contributed by atoms with Crippen LogP contribution in [0, 0.1) is 6.92 Å². The second-order valence-electron chi connectivity index (χ2n) is 5.57. The number of hydrogen-bond acceptors (Lipinski definition) is 4. The molecule has 1 aliphatic rings. The number of nitrogens with zero attached hydrogens (tertiary/aromatic N) is 1. The Hall–Kier alpha value is -1.65. The molecule has 4 heteroatoms. The number of aromatic nitrogens is 1. The molecule has 1 aliphatic carbocycles. The standard InChI is InChI=1S/C17H22N2O2/c1-13-14(11-19-16-5-6-16)10-17(21-13)12-20-9-7-15-4-2-3-8-18-15/h2-4,8,10,16,19H,5-7,9,11-12H2,1H3. The van der Waals surface area contributed by atoms with E-state index in [4.69, 9.17) is 9.15 Å². The molecule has 0 saturated heterocycles. The third-order valence-electron chi connectivity index (χ3n) is 3.70. The lowest BCUT2D eigenvalue weighted by molar-refractivity contribution is 0.108. The first-order valence-electron chi connectivity index (χ1n) is 7.60. The van der Waals surface area contributed by atoms with Gasteiger partial charge in [0, 0.05) is 36.5 Å². The summed E-state index contributed by atoms with van der Waals surface area (Å²) in [6.07, 6.45) is 5.25. The third-order valence-corrected chi connectivity index (χ3v) is 3.70. The summed E-state index contributed by atoms with van der Waals surface area (Å²) in [4.78, 5) is 4.28. The molecule has 2 aromatic rings. The van der Waals surface area contributed by atoms with Crippen molar-refractivity contribution in [2.75, 3.05) is 6.61 Å². The number of nitrogens with one attached hydrogen (secondary N) is 1. The smallest absolute Gasteiger partial charge is 0.130 e. The lowest BCUT2D eigenvalue weighted by atomic mass is 10.2. The molecule has 0 unspecified atom stereocenters. The van der Waals surface area contributed by atoms with Gasteiger partial charge in [0.15, 0.2) is 0 Å². The van der Waals surface area contributed by atoms with E-state index >= 15 is 0 Å². The monoisotopic (exact) mass is 286 g/mol. The fraction of sp³-hybridized carbons (Fsp3) is 0.471. The van der Waals surface area contributed by atoms with Crippen LogP contribution in [0.25, 0.3) is 0 Å². The van der Waals surface area contributed by atoms with E-state index in [1.54, 1.807) is 0 Å². The minimum atomic E-state index is 0.525. The number of ether oxygens (including phenoxy) is 1. The van der Waals surface area contributed by atoms with Crippen LogP contribution < -0.4 is 5.32 Å². The first-order chi connectivity index (χ1) is 10.3. The van der Waals surface area contributed by atoms with Gasteiger partial charge in [-0.15, -0.1) is 0 Å². The Morgan fingerprint density at radius 1 is 1.38 bits per heavy atom. The van der Waals surface area contributed by atoms with Gasteiger partial charge in [-0.3, -0.25) is 4.98 Å². The third kappa shape index (κ3) is 4.41. The zero-order chi connectivity index (χ0) is 14.5. The van der Waals surface area contributed by atoms with Crippen LogP contribution in [0.5, 0.6) is 0 Å². The fourth-order valence-electron chi connectivity index (χ4n) is 2.27. The van der Waals surface area contributed by atoms with Crippen molar-refractivity contribution in [3.05, 3.63) is 53.2 Å². The molecule has 2 aromatic heterocycles. The summed E-state index contributed by atoms with van der Waals surface area (Å²) in [5.74, 6) is 1.90. The molecule has 1 fully saturated rings. The number of aryl methyl sites for hydroxylation is 1. The van der Waals surface area contributed by atoms with Crippen LogP contribution in [0.15, 0.2) is 34.9 Å². The Labute approximate surface area is 125 Å². The van der Waals surface area contributed by atoms with E-state index in [-0.39, 0.29) is 0 Å². The van der Waals surface area contributed by atoms with Crippen molar-refractivity contribution in [3.8, 4) is 0 Å². The first-order valence-corrected chi connectivity index (χ1v) is 7.60. The van der Waals surface area contributed by atoms with Crippen molar-refractivity contribution < 1.29 is 9.15 Å². The maximum Gasteiger partial charge on any atom is 0.130 e. The Morgan fingerprint density at radius 3 is 3.05 bits per heavy atom. The topological polar surface area (TPSA) is 47.3 Å². The summed E-state index contributed by atoms with van der Waals surface area (Å²) >= 11 is 0. The number of rotatable bonds is 8. The highest BCUT2D eigenvalue weighted by molar-refractivity contribution is 5.20. The lowest BCUT2D eigenvalue weighted by Crippen LogP contribution is -2.15. The molecule has 0 spiro atoms. The molecule has 112 valence electrons. The Kier molecular flexibility index (Phi) is 4.68. The molecule has 1 N–H and O–H groups in total. The number of pyridine rings is 1. The minimum absolute atomic E-state index is 0.525. The molecule has 21 heavy (non-hydrogen) atoms. The highest BCUT2D eigenvalue weighted by Gasteiger charge is 2.20. The van der Waals surface area contributed by atoms with E-state index < -0.39 is 0 Å². The quantitative estimate of drug-likeness (QED) is 0.758. The van der Waals surface area contributed by atoms with Crippen LogP contribution in [0.4, 0.5) is 0 Å². The van der Waals surface area contributed by atoms with Gasteiger partial charge in [-0.1, -0.05) is 6.07 Å². The zero-order valence-corrected chi connectivity index (χ0v) is 12.5. The highest BCUT2D eigenvalue weighted by Crippen LogP contribution is 2.21. The first kappa shape index (κ1) is 14.3. The second kappa shape index (κ2) is 6.87. The van der Waals surface area contributed by atoms with Crippen molar-refractivity contribution in [2.45, 2.75) is 45.4 Å². The second-order valence-corrected chi connectivity index (χ2v) is 5.57. The van der Waals surface area contributed by atoms with Gasteiger partial charge in [-0.05, 0) is 38.0 Å². The van der Waals surface area contributed by atoms with E-state index in [9.17, 15) is 0 Å². The predicted octanol–water partition coefficient (Wildman–Crippen LogP) is 2.99. The van der Waals surface area contributed by atoms with Crippen LogP contribution in [-0.4, -0.2) is 17.6 Å². The van der Waals surface area contributed by atoms with E-state index in [1.807, 2.05) is 31.3 Å². The van der Waals surface area contributed by atoms with E-state index in [0.29, 0.717) is 13.2 Å². The zero-order valence-electron chi connectivity index (χ0n) is 12.5. The van der Waals surface area contributed by atoms with Gasteiger partial charge in [0.05, 0.1) is 6.61 Å². The summed E-state index contributed by atoms with van der Waals surface area (Å²) in [5.41, 5.74) is 2.30. The SMILES string of the molecule is Cc1oc(COCCc2ccccn2)cc1CNC1CC1. The normalized spacial score (nSPS) is 14.5. The minimum Gasteiger partial charge on any atom is -0.464 e.